The van der Waals surface area contributed by atoms with Crippen molar-refractivity contribution in [3.05, 3.63) is 107 Å². The molecular formula is C47H56ClN7O5S. The first kappa shape index (κ1) is 42.7. The van der Waals surface area contributed by atoms with E-state index >= 15 is 0 Å². The lowest BCUT2D eigenvalue weighted by molar-refractivity contribution is 0.00975. The number of halogens is 1. The standard InChI is InChI=1S/C47H56ClN7O5S/c1-31-23-39(29-52-43(31)50-27-32-11-16-47(4,57)17-12-32)61(58,59)53-45(56)40-10-9-37(25-42(40)60-38-24-34-14-18-49-44(34)51-28-38)55-21-19-54(20-22-55)30-35-13-15-46(2,3)26-41(35)33-5-7-36(48)8-6-33/h5-10,14,18,23-25,28-29,32,57H,11-13,15-17,19-22,26-27,30H2,1-4H3,(H,49,51)(H,50,52)(H,53,56)/t32-,47+. The molecule has 322 valence electrons. The monoisotopic (exact) mass is 865 g/mol. The van der Waals surface area contributed by atoms with Crippen molar-refractivity contribution in [3.8, 4) is 11.5 Å². The van der Waals surface area contributed by atoms with E-state index in [9.17, 15) is 18.3 Å². The number of anilines is 2. The van der Waals surface area contributed by atoms with E-state index in [0.717, 1.165) is 93.8 Å². The molecular weight excluding hydrogens is 810 g/mol. The van der Waals surface area contributed by atoms with Crippen molar-refractivity contribution in [1.82, 2.24) is 24.6 Å². The van der Waals surface area contributed by atoms with Gasteiger partial charge in [0.15, 0.2) is 0 Å². The van der Waals surface area contributed by atoms with E-state index in [0.29, 0.717) is 35.2 Å². The number of hydrogen-bond donors (Lipinski definition) is 4. The van der Waals surface area contributed by atoms with Gasteiger partial charge in [-0.15, -0.1) is 0 Å². The van der Waals surface area contributed by atoms with Gasteiger partial charge in [0.1, 0.15) is 27.9 Å². The van der Waals surface area contributed by atoms with Crippen LogP contribution in [0, 0.1) is 18.3 Å². The number of pyridine rings is 2. The summed E-state index contributed by atoms with van der Waals surface area (Å²) >= 11 is 6.25. The number of fused-ring (bicyclic) bond motifs is 1. The van der Waals surface area contributed by atoms with Crippen molar-refractivity contribution in [2.45, 2.75) is 83.1 Å². The first-order valence-electron chi connectivity index (χ1n) is 21.3. The molecule has 0 bridgehead atoms. The predicted octanol–water partition coefficient (Wildman–Crippen LogP) is 8.97. The third kappa shape index (κ3) is 10.2. The van der Waals surface area contributed by atoms with Crippen molar-refractivity contribution >= 4 is 55.6 Å². The van der Waals surface area contributed by atoms with Crippen LogP contribution in [0.4, 0.5) is 11.5 Å². The lowest BCUT2D eigenvalue weighted by Gasteiger charge is -2.39. The summed E-state index contributed by atoms with van der Waals surface area (Å²) in [6.07, 6.45) is 11.2. The van der Waals surface area contributed by atoms with Crippen molar-refractivity contribution < 1.29 is 23.1 Å². The quantitative estimate of drug-likeness (QED) is 0.0957. The Morgan fingerprint density at radius 1 is 0.967 bits per heavy atom. The van der Waals surface area contributed by atoms with E-state index < -0.39 is 21.5 Å². The Labute approximate surface area is 363 Å². The van der Waals surface area contributed by atoms with Crippen LogP contribution in [0.1, 0.15) is 87.2 Å². The minimum Gasteiger partial charge on any atom is -0.455 e. The van der Waals surface area contributed by atoms with E-state index in [1.165, 1.54) is 29.0 Å². The Hall–Kier alpha value is -4.95. The normalized spacial score (nSPS) is 21.1. The number of carbonyl (C=O) groups excluding carboxylic acids is 1. The largest absolute Gasteiger partial charge is 0.455 e. The van der Waals surface area contributed by atoms with Crippen LogP contribution in [0.25, 0.3) is 16.6 Å². The zero-order chi connectivity index (χ0) is 42.9. The van der Waals surface area contributed by atoms with E-state index in [1.54, 1.807) is 25.4 Å². The summed E-state index contributed by atoms with van der Waals surface area (Å²) in [6, 6.07) is 18.7. The van der Waals surface area contributed by atoms with Gasteiger partial charge in [-0.25, -0.2) is 23.1 Å². The Morgan fingerprint density at radius 2 is 1.72 bits per heavy atom. The molecule has 8 rings (SSSR count). The van der Waals surface area contributed by atoms with Crippen LogP contribution in [0.3, 0.4) is 0 Å². The molecule has 0 unspecified atom stereocenters. The number of hydrogen-bond acceptors (Lipinski definition) is 10. The molecule has 0 radical (unpaired) electrons. The lowest BCUT2D eigenvalue weighted by atomic mass is 9.72. The summed E-state index contributed by atoms with van der Waals surface area (Å²) in [5.74, 6) is 0.776. The average Bonchev–Trinajstić information content (AvgIpc) is 3.70. The highest BCUT2D eigenvalue weighted by Crippen LogP contribution is 2.43. The van der Waals surface area contributed by atoms with Gasteiger partial charge in [0.25, 0.3) is 15.9 Å². The number of rotatable bonds is 12. The molecule has 61 heavy (non-hydrogen) atoms. The molecule has 3 aromatic heterocycles. The minimum absolute atomic E-state index is 0.0662. The summed E-state index contributed by atoms with van der Waals surface area (Å²) in [4.78, 5) is 30.5. The maximum atomic E-state index is 13.9. The Bertz CT molecular complexity index is 2540. The van der Waals surface area contributed by atoms with E-state index in [4.69, 9.17) is 16.3 Å². The molecule has 1 aliphatic heterocycles. The molecule has 2 aliphatic carbocycles. The fourth-order valence-electron chi connectivity index (χ4n) is 8.84. The fourth-order valence-corrected chi connectivity index (χ4v) is 9.96. The van der Waals surface area contributed by atoms with Crippen molar-refractivity contribution in [2.24, 2.45) is 11.3 Å². The number of benzene rings is 2. The molecule has 14 heteroatoms. The van der Waals surface area contributed by atoms with Gasteiger partial charge in [0.2, 0.25) is 0 Å². The highest BCUT2D eigenvalue weighted by molar-refractivity contribution is 7.90. The van der Waals surface area contributed by atoms with Crippen LogP contribution in [-0.2, 0) is 10.0 Å². The highest BCUT2D eigenvalue weighted by Gasteiger charge is 2.31. The molecule has 12 nitrogen and oxygen atoms in total. The van der Waals surface area contributed by atoms with Gasteiger partial charge in [-0.1, -0.05) is 43.2 Å². The predicted molar refractivity (Wildman–Crippen MR) is 242 cm³/mol. The Kier molecular flexibility index (Phi) is 12.2. The number of aromatic amines is 1. The van der Waals surface area contributed by atoms with Crippen LogP contribution in [0.5, 0.6) is 11.5 Å². The molecule has 1 saturated carbocycles. The number of nitrogens with one attached hydrogen (secondary N) is 3. The zero-order valence-corrected chi connectivity index (χ0v) is 37.0. The molecule has 1 saturated heterocycles. The van der Waals surface area contributed by atoms with Gasteiger partial charge in [0.05, 0.1) is 17.4 Å². The van der Waals surface area contributed by atoms with E-state index in [-0.39, 0.29) is 21.6 Å². The molecule has 2 fully saturated rings. The van der Waals surface area contributed by atoms with Crippen molar-refractivity contribution in [2.75, 3.05) is 49.5 Å². The smallest absolute Gasteiger partial charge is 0.268 e. The number of amides is 1. The van der Waals surface area contributed by atoms with Gasteiger partial charge in [-0.2, -0.15) is 0 Å². The van der Waals surface area contributed by atoms with E-state index in [1.807, 2.05) is 43.3 Å². The van der Waals surface area contributed by atoms with Gasteiger partial charge >= 0.3 is 0 Å². The molecule has 0 atom stereocenters. The molecule has 4 heterocycles. The second kappa shape index (κ2) is 17.4. The van der Waals surface area contributed by atoms with Crippen LogP contribution in [0.2, 0.25) is 5.02 Å². The van der Waals surface area contributed by atoms with Crippen molar-refractivity contribution in [3.63, 3.8) is 0 Å². The summed E-state index contributed by atoms with van der Waals surface area (Å²) in [5, 5.41) is 15.2. The van der Waals surface area contributed by atoms with Crippen LogP contribution >= 0.6 is 11.6 Å². The molecule has 4 N–H and O–H groups in total. The number of nitrogens with zero attached hydrogens (tertiary/aromatic N) is 4. The van der Waals surface area contributed by atoms with Crippen LogP contribution in [-0.4, -0.2) is 84.2 Å². The average molecular weight is 867 g/mol. The third-order valence-electron chi connectivity index (χ3n) is 12.7. The van der Waals surface area contributed by atoms with Crippen LogP contribution in [0.15, 0.2) is 89.7 Å². The number of aryl methyl sites for hydroxylation is 1. The Balaban J connectivity index is 0.974. The second-order valence-corrected chi connectivity index (χ2v) is 20.3. The first-order valence-corrected chi connectivity index (χ1v) is 23.2. The maximum absolute atomic E-state index is 13.9. The van der Waals surface area contributed by atoms with Crippen molar-refractivity contribution in [1.29, 1.82) is 0 Å². The number of sulfonamides is 1. The fraction of sp³-hybridized carbons (Fsp3) is 0.426. The third-order valence-corrected chi connectivity index (χ3v) is 14.2. The lowest BCUT2D eigenvalue weighted by Crippen LogP contribution is -2.47. The SMILES string of the molecule is Cc1cc(S(=O)(=O)NC(=O)c2ccc(N3CCN(CC4=C(c5ccc(Cl)cc5)CC(C)(C)CC4)CC3)cc2Oc2cnc3[nH]ccc3c2)cnc1NC[C@H]1CC[C@@](C)(O)CC1. The second-order valence-electron chi connectivity index (χ2n) is 18.2. The Morgan fingerprint density at radius 3 is 2.46 bits per heavy atom. The number of aromatic nitrogens is 3. The van der Waals surface area contributed by atoms with Gasteiger partial charge < -0.3 is 25.0 Å². The van der Waals surface area contributed by atoms with Gasteiger partial charge in [0, 0.05) is 73.8 Å². The zero-order valence-electron chi connectivity index (χ0n) is 35.4. The number of ether oxygens (including phenoxy) is 1. The number of allylic oxidation sites excluding steroid dienone is 1. The van der Waals surface area contributed by atoms with E-state index in [2.05, 4.69) is 60.8 Å². The summed E-state index contributed by atoms with van der Waals surface area (Å²) < 4.78 is 36.0. The maximum Gasteiger partial charge on any atom is 0.268 e. The molecule has 0 spiro atoms. The topological polar surface area (TPSA) is 153 Å². The highest BCUT2D eigenvalue weighted by atomic mass is 35.5. The number of H-pyrrole nitrogens is 1. The van der Waals surface area contributed by atoms with Gasteiger partial charge in [-0.05, 0) is 129 Å². The molecule has 3 aliphatic rings. The molecule has 5 aromatic rings. The minimum atomic E-state index is -4.30. The van der Waals surface area contributed by atoms with Gasteiger partial charge in [-0.3, -0.25) is 9.69 Å². The number of aliphatic hydroxyl groups is 1. The summed E-state index contributed by atoms with van der Waals surface area (Å²) in [6.45, 7) is 13.2. The number of piperazine rings is 1. The summed E-state index contributed by atoms with van der Waals surface area (Å²) in [7, 11) is -4.30. The first-order chi connectivity index (χ1) is 29.1. The van der Waals surface area contributed by atoms with Crippen LogP contribution < -0.4 is 19.7 Å². The number of carbonyl (C=O) groups is 1. The summed E-state index contributed by atoms with van der Waals surface area (Å²) in [5.41, 5.74) is 6.08. The molecule has 1 amide bonds. The molecule has 2 aromatic carbocycles.